The van der Waals surface area contributed by atoms with Gasteiger partial charge in [0.15, 0.2) is 0 Å². The summed E-state index contributed by atoms with van der Waals surface area (Å²) in [7, 11) is 0. The van der Waals surface area contributed by atoms with Gasteiger partial charge in [0.1, 0.15) is 12.1 Å². The summed E-state index contributed by atoms with van der Waals surface area (Å²) in [5.74, 6) is 0.792. The van der Waals surface area contributed by atoms with Crippen molar-refractivity contribution in [1.82, 2.24) is 24.8 Å². The van der Waals surface area contributed by atoms with Gasteiger partial charge in [-0.05, 0) is 44.0 Å². The molecule has 3 aromatic rings. The van der Waals surface area contributed by atoms with E-state index in [-0.39, 0.29) is 11.9 Å². The highest BCUT2D eigenvalue weighted by atomic mass is 16.2. The van der Waals surface area contributed by atoms with Crippen LogP contribution < -0.4 is 5.32 Å². The zero-order valence-electron chi connectivity index (χ0n) is 16.0. The van der Waals surface area contributed by atoms with Gasteiger partial charge >= 0.3 is 0 Å². The highest BCUT2D eigenvalue weighted by Crippen LogP contribution is 2.27. The van der Waals surface area contributed by atoms with Crippen molar-refractivity contribution in [2.45, 2.75) is 32.9 Å². The highest BCUT2D eigenvalue weighted by molar-refractivity contribution is 5.94. The van der Waals surface area contributed by atoms with Crippen LogP contribution in [-0.4, -0.2) is 37.3 Å². The molecule has 0 radical (unpaired) electrons. The third-order valence-electron chi connectivity index (χ3n) is 5.02. The molecule has 1 aliphatic heterocycles. The number of carbonyl (C=O) groups is 1. The molecule has 0 aliphatic carbocycles. The summed E-state index contributed by atoms with van der Waals surface area (Å²) in [6.07, 6.45) is 7.33. The Morgan fingerprint density at radius 3 is 2.82 bits per heavy atom. The topological polar surface area (TPSA) is 83.9 Å². The van der Waals surface area contributed by atoms with Crippen molar-refractivity contribution in [2.75, 3.05) is 11.9 Å². The van der Waals surface area contributed by atoms with Crippen LogP contribution in [0.15, 0.2) is 49.2 Å². The maximum atomic E-state index is 12.7. The van der Waals surface area contributed by atoms with Crippen LogP contribution in [0.4, 0.5) is 5.82 Å². The summed E-state index contributed by atoms with van der Waals surface area (Å²) >= 11 is 0. The number of pyridine rings is 2. The van der Waals surface area contributed by atoms with Crippen LogP contribution in [0.2, 0.25) is 0 Å². The smallest absolute Gasteiger partial charge is 0.255 e. The first kappa shape index (κ1) is 18.0. The molecule has 0 aromatic carbocycles. The summed E-state index contributed by atoms with van der Waals surface area (Å²) < 4.78 is 0. The van der Waals surface area contributed by atoms with Crippen LogP contribution >= 0.6 is 0 Å². The number of hydrogen-bond acceptors (Lipinski definition) is 6. The molecule has 3 aromatic heterocycles. The van der Waals surface area contributed by atoms with E-state index >= 15 is 0 Å². The Bertz CT molecular complexity index is 991. The second kappa shape index (κ2) is 7.72. The van der Waals surface area contributed by atoms with Crippen LogP contribution in [0.25, 0.3) is 0 Å². The normalized spacial score (nSPS) is 14.3. The largest absolute Gasteiger partial charge is 0.362 e. The van der Waals surface area contributed by atoms with Crippen molar-refractivity contribution < 1.29 is 4.79 Å². The molecule has 1 amide bonds. The molecule has 0 spiro atoms. The van der Waals surface area contributed by atoms with Gasteiger partial charge in [0.05, 0.1) is 29.5 Å². The minimum Gasteiger partial charge on any atom is -0.362 e. The third kappa shape index (κ3) is 3.55. The summed E-state index contributed by atoms with van der Waals surface area (Å²) in [5.41, 5.74) is 4.68. The van der Waals surface area contributed by atoms with Gasteiger partial charge in [-0.25, -0.2) is 9.97 Å². The summed E-state index contributed by atoms with van der Waals surface area (Å²) in [6, 6.07) is 7.57. The number of hydrogen-bond donors (Lipinski definition) is 1. The Morgan fingerprint density at radius 1 is 1.18 bits per heavy atom. The zero-order chi connectivity index (χ0) is 19.5. The molecule has 142 valence electrons. The number of nitrogens with zero attached hydrogens (tertiary/aromatic N) is 5. The van der Waals surface area contributed by atoms with Crippen LogP contribution in [0.5, 0.6) is 0 Å². The average molecular weight is 374 g/mol. The molecule has 0 saturated heterocycles. The third-order valence-corrected chi connectivity index (χ3v) is 5.02. The van der Waals surface area contributed by atoms with Crippen LogP contribution in [0, 0.1) is 6.92 Å². The summed E-state index contributed by atoms with van der Waals surface area (Å²) in [6.45, 7) is 5.22. The van der Waals surface area contributed by atoms with Crippen molar-refractivity contribution in [3.05, 3.63) is 77.3 Å². The quantitative estimate of drug-likeness (QED) is 0.756. The Kier molecular flexibility index (Phi) is 4.97. The van der Waals surface area contributed by atoms with E-state index in [1.807, 2.05) is 11.0 Å². The molecule has 0 saturated carbocycles. The predicted octanol–water partition coefficient (Wildman–Crippen LogP) is 2.95. The Hall–Kier alpha value is -3.35. The minimum absolute atomic E-state index is 0.0234. The van der Waals surface area contributed by atoms with Gasteiger partial charge in [-0.15, -0.1) is 0 Å². The van der Waals surface area contributed by atoms with E-state index in [4.69, 9.17) is 0 Å². The first-order chi connectivity index (χ1) is 13.6. The first-order valence-electron chi connectivity index (χ1n) is 9.33. The lowest BCUT2D eigenvalue weighted by Gasteiger charge is -2.29. The summed E-state index contributed by atoms with van der Waals surface area (Å²) in [5, 5.41) is 3.48. The predicted molar refractivity (Wildman–Crippen MR) is 106 cm³/mol. The number of fused-ring (bicyclic) bond motifs is 1. The number of aryl methyl sites for hydroxylation is 1. The average Bonchev–Trinajstić information content (AvgIpc) is 2.74. The Morgan fingerprint density at radius 2 is 2.04 bits per heavy atom. The van der Waals surface area contributed by atoms with Crippen molar-refractivity contribution in [3.63, 3.8) is 0 Å². The SMILES string of the molecule is Cc1cccnc1[C@H](C)Nc1ncnc2c1CCN(C(=O)c1cccnc1)C2. The Labute approximate surface area is 163 Å². The van der Waals surface area contributed by atoms with Crippen LogP contribution in [-0.2, 0) is 13.0 Å². The molecule has 0 bridgehead atoms. The molecular weight excluding hydrogens is 352 g/mol. The van der Waals surface area contributed by atoms with Crippen molar-refractivity contribution in [3.8, 4) is 0 Å². The number of aromatic nitrogens is 4. The maximum Gasteiger partial charge on any atom is 0.255 e. The molecule has 1 atom stereocenters. The van der Waals surface area contributed by atoms with E-state index in [0.717, 1.165) is 28.3 Å². The van der Waals surface area contributed by atoms with E-state index in [1.54, 1.807) is 37.1 Å². The fraction of sp³-hybridized carbons (Fsp3) is 0.286. The maximum absolute atomic E-state index is 12.7. The van der Waals surface area contributed by atoms with Gasteiger partial charge in [0.2, 0.25) is 0 Å². The van der Waals surface area contributed by atoms with Gasteiger partial charge in [-0.3, -0.25) is 14.8 Å². The van der Waals surface area contributed by atoms with E-state index in [0.29, 0.717) is 25.1 Å². The molecule has 1 N–H and O–H groups in total. The van der Waals surface area contributed by atoms with Crippen molar-refractivity contribution in [2.24, 2.45) is 0 Å². The number of anilines is 1. The highest BCUT2D eigenvalue weighted by Gasteiger charge is 2.25. The lowest BCUT2D eigenvalue weighted by atomic mass is 10.0. The van der Waals surface area contributed by atoms with Gasteiger partial charge in [0, 0.05) is 30.7 Å². The molecule has 7 heteroatoms. The van der Waals surface area contributed by atoms with Gasteiger partial charge < -0.3 is 10.2 Å². The molecule has 0 unspecified atom stereocenters. The molecule has 28 heavy (non-hydrogen) atoms. The van der Waals surface area contributed by atoms with E-state index in [2.05, 4.69) is 45.2 Å². The number of carbonyl (C=O) groups excluding carboxylic acids is 1. The lowest BCUT2D eigenvalue weighted by Crippen LogP contribution is -2.37. The molecular formula is C21H22N6O. The van der Waals surface area contributed by atoms with E-state index in [1.165, 1.54) is 0 Å². The standard InChI is InChI=1S/C21H22N6O/c1-14-5-3-9-23-19(14)15(2)26-20-17-7-10-27(12-18(17)24-13-25-20)21(28)16-6-4-8-22-11-16/h3-6,8-9,11,13,15H,7,10,12H2,1-2H3,(H,24,25,26)/t15-/m0/s1. The van der Waals surface area contributed by atoms with Gasteiger partial charge in [0.25, 0.3) is 5.91 Å². The van der Waals surface area contributed by atoms with Gasteiger partial charge in [-0.1, -0.05) is 6.07 Å². The monoisotopic (exact) mass is 374 g/mol. The van der Waals surface area contributed by atoms with Crippen LogP contribution in [0.1, 0.15) is 45.8 Å². The second-order valence-corrected chi connectivity index (χ2v) is 6.94. The minimum atomic E-state index is -0.0238. The van der Waals surface area contributed by atoms with E-state index < -0.39 is 0 Å². The fourth-order valence-corrected chi connectivity index (χ4v) is 3.55. The van der Waals surface area contributed by atoms with Crippen molar-refractivity contribution in [1.29, 1.82) is 0 Å². The van der Waals surface area contributed by atoms with Gasteiger partial charge in [-0.2, -0.15) is 0 Å². The summed E-state index contributed by atoms with van der Waals surface area (Å²) in [4.78, 5) is 31.9. The number of rotatable bonds is 4. The second-order valence-electron chi connectivity index (χ2n) is 6.94. The Balaban J connectivity index is 1.53. The van der Waals surface area contributed by atoms with E-state index in [9.17, 15) is 4.79 Å². The molecule has 4 rings (SSSR count). The zero-order valence-corrected chi connectivity index (χ0v) is 16.0. The van der Waals surface area contributed by atoms with Crippen molar-refractivity contribution >= 4 is 11.7 Å². The molecule has 1 aliphatic rings. The molecule has 7 nitrogen and oxygen atoms in total. The van der Waals surface area contributed by atoms with Crippen LogP contribution in [0.3, 0.4) is 0 Å². The first-order valence-corrected chi connectivity index (χ1v) is 9.33. The number of amides is 1. The molecule has 4 heterocycles. The number of nitrogens with one attached hydrogen (secondary N) is 1. The fourth-order valence-electron chi connectivity index (χ4n) is 3.55. The molecule has 0 fully saturated rings. The lowest BCUT2D eigenvalue weighted by molar-refractivity contribution is 0.0731.